The molecule has 1 fully saturated rings. The Labute approximate surface area is 251 Å². The van der Waals surface area contributed by atoms with Crippen LogP contribution in [0.25, 0.3) is 10.4 Å². The van der Waals surface area contributed by atoms with Gasteiger partial charge in [-0.15, -0.1) is 0 Å². The predicted molar refractivity (Wildman–Crippen MR) is 149 cm³/mol. The number of hydrogen-bond donors (Lipinski definition) is 3. The number of thioether (sulfide) groups is 1. The largest absolute Gasteiger partial charge is 0.533 e. The van der Waals surface area contributed by atoms with Gasteiger partial charge in [0.05, 0.1) is 27.9 Å². The van der Waals surface area contributed by atoms with Crippen molar-refractivity contribution in [3.8, 4) is 0 Å². The number of hydroxylamine groups is 1. The number of nitro benzene ring substituents is 1. The lowest BCUT2D eigenvalue weighted by molar-refractivity contribution is -0.718. The lowest BCUT2D eigenvalue weighted by Gasteiger charge is -2.46. The molecular formula is C26H26N5O10S2+. The van der Waals surface area contributed by atoms with E-state index in [1.54, 1.807) is 21.5 Å². The number of rotatable bonds is 9. The van der Waals surface area contributed by atoms with Crippen LogP contribution in [0.3, 0.4) is 0 Å². The number of imidazole rings is 1. The van der Waals surface area contributed by atoms with Crippen LogP contribution < -0.4 is 10.0 Å². The number of benzene rings is 1. The normalized spacial score (nSPS) is 20.0. The van der Waals surface area contributed by atoms with E-state index < -0.39 is 46.9 Å². The van der Waals surface area contributed by atoms with Crippen molar-refractivity contribution in [3.63, 3.8) is 0 Å². The number of thiazole rings is 1. The van der Waals surface area contributed by atoms with E-state index in [1.807, 2.05) is 18.7 Å². The van der Waals surface area contributed by atoms with Crippen molar-refractivity contribution >= 4 is 63.1 Å². The molecule has 4 heterocycles. The van der Waals surface area contributed by atoms with Crippen molar-refractivity contribution in [2.75, 3.05) is 6.26 Å². The second kappa shape index (κ2) is 11.7. The average molecular weight is 633 g/mol. The van der Waals surface area contributed by atoms with Gasteiger partial charge in [0, 0.05) is 23.6 Å². The average Bonchev–Trinajstić information content (AvgIpc) is 3.57. The Morgan fingerprint density at radius 1 is 1.28 bits per heavy atom. The number of β-lactam (4-membered cyclic amide) rings is 1. The third kappa shape index (κ3) is 5.41. The van der Waals surface area contributed by atoms with Crippen LogP contribution in [-0.4, -0.2) is 66.8 Å². The zero-order valence-corrected chi connectivity index (χ0v) is 24.6. The first-order chi connectivity index (χ1) is 20.4. The first-order valence-corrected chi connectivity index (χ1v) is 14.9. The number of ether oxygens (including phenoxy) is 1. The second-order valence-electron chi connectivity index (χ2n) is 9.97. The minimum Gasteiger partial charge on any atom is -0.477 e. The van der Waals surface area contributed by atoms with Crippen LogP contribution in [0.15, 0.2) is 47.5 Å². The number of non-ortho nitro benzene ring substituents is 1. The fourth-order valence-electron chi connectivity index (χ4n) is 5.44. The molecule has 0 spiro atoms. The van der Waals surface area contributed by atoms with Crippen LogP contribution in [0, 0.1) is 22.0 Å². The van der Waals surface area contributed by atoms with Gasteiger partial charge in [-0.1, -0.05) is 30.0 Å². The molecule has 0 bridgehead atoms. The van der Waals surface area contributed by atoms with Crippen LogP contribution in [0.2, 0.25) is 0 Å². The van der Waals surface area contributed by atoms with E-state index in [4.69, 9.17) is 4.74 Å². The van der Waals surface area contributed by atoms with Gasteiger partial charge in [-0.25, -0.2) is 14.2 Å². The number of aromatic nitrogens is 2. The van der Waals surface area contributed by atoms with Gasteiger partial charge < -0.3 is 24.7 Å². The molecule has 1 aromatic carbocycles. The molecular weight excluding hydrogens is 606 g/mol. The predicted octanol–water partition coefficient (Wildman–Crippen LogP) is 1.96. The zero-order chi connectivity index (χ0) is 31.2. The van der Waals surface area contributed by atoms with E-state index in [9.17, 15) is 39.5 Å². The number of carboxylic acid groups (broad SMARTS) is 1. The summed E-state index contributed by atoms with van der Waals surface area (Å²) in [7, 11) is 0. The van der Waals surface area contributed by atoms with Gasteiger partial charge in [-0.3, -0.25) is 19.7 Å². The van der Waals surface area contributed by atoms with Crippen molar-refractivity contribution in [2.24, 2.45) is 11.8 Å². The molecule has 4 atom stereocenters. The molecule has 2 aromatic heterocycles. The highest BCUT2D eigenvalue weighted by Crippen LogP contribution is 2.51. The smallest absolute Gasteiger partial charge is 0.477 e. The molecule has 2 aliphatic heterocycles. The van der Waals surface area contributed by atoms with Crippen LogP contribution in [0.4, 0.5) is 10.5 Å². The summed E-state index contributed by atoms with van der Waals surface area (Å²) in [5, 5.41) is 31.5. The molecule has 0 radical (unpaired) electrons. The molecule has 15 nitrogen and oxygen atoms in total. The van der Waals surface area contributed by atoms with E-state index in [0.29, 0.717) is 21.0 Å². The summed E-state index contributed by atoms with van der Waals surface area (Å²) in [4.78, 5) is 66.8. The molecule has 1 saturated heterocycles. The molecule has 226 valence electrons. The van der Waals surface area contributed by atoms with E-state index >= 15 is 0 Å². The van der Waals surface area contributed by atoms with Crippen LogP contribution in [-0.2, 0) is 37.1 Å². The maximum Gasteiger partial charge on any atom is 0.533 e. The molecule has 5 rings (SSSR count). The Balaban J connectivity index is 1.25. The van der Waals surface area contributed by atoms with Gasteiger partial charge in [0.2, 0.25) is 15.8 Å². The Kier molecular flexibility index (Phi) is 8.13. The molecule has 17 heteroatoms. The van der Waals surface area contributed by atoms with Gasteiger partial charge >= 0.3 is 12.1 Å². The Hall–Kier alpha value is -4.48. The van der Waals surface area contributed by atoms with Crippen molar-refractivity contribution in [1.82, 2.24) is 14.8 Å². The number of fused-ring (bicyclic) bond motifs is 2. The van der Waals surface area contributed by atoms with Crippen LogP contribution >= 0.6 is 23.1 Å². The molecule has 43 heavy (non-hydrogen) atoms. The van der Waals surface area contributed by atoms with Gasteiger partial charge in [0.1, 0.15) is 18.5 Å². The molecule has 3 N–H and O–H groups in total. The first kappa shape index (κ1) is 30.0. The molecule has 0 aliphatic carbocycles. The Bertz CT molecular complexity index is 1680. The summed E-state index contributed by atoms with van der Waals surface area (Å²) in [5.41, 5.74) is 2.83. The number of nitrogens with zero attached hydrogens (tertiary/aromatic N) is 4. The fraction of sp³-hybridized carbons (Fsp3) is 0.346. The number of carbonyl (C=O) groups excluding carboxylic acids is 3. The number of carboxylic acids is 1. The van der Waals surface area contributed by atoms with Gasteiger partial charge in [0.25, 0.3) is 17.9 Å². The molecule has 2 aliphatic rings. The zero-order valence-electron chi connectivity index (χ0n) is 23.0. The lowest BCUT2D eigenvalue weighted by Crippen LogP contribution is -2.63. The van der Waals surface area contributed by atoms with E-state index in [-0.39, 0.29) is 30.5 Å². The fourth-order valence-corrected chi connectivity index (χ4v) is 7.62. The van der Waals surface area contributed by atoms with Gasteiger partial charge in [0.15, 0.2) is 6.54 Å². The number of aliphatic hydroxyl groups is 1. The number of nitrogens with one attached hydrogen (secondary N) is 1. The lowest BCUT2D eigenvalue weighted by atomic mass is 9.77. The number of nitro groups is 1. The molecule has 0 unspecified atom stereocenters. The molecule has 3 aromatic rings. The van der Waals surface area contributed by atoms with Crippen LogP contribution in [0.1, 0.15) is 24.3 Å². The van der Waals surface area contributed by atoms with Crippen molar-refractivity contribution < 1.29 is 48.5 Å². The summed E-state index contributed by atoms with van der Waals surface area (Å²) in [6, 6.07) is 4.95. The maximum atomic E-state index is 12.7. The van der Waals surface area contributed by atoms with Crippen molar-refractivity contribution in [3.05, 3.63) is 63.0 Å². The third-order valence-electron chi connectivity index (χ3n) is 7.30. The third-order valence-corrected chi connectivity index (χ3v) is 9.39. The quantitative estimate of drug-likeness (QED) is 0.0779. The van der Waals surface area contributed by atoms with E-state index in [0.717, 1.165) is 4.83 Å². The topological polar surface area (TPSA) is 194 Å². The highest BCUT2D eigenvalue weighted by atomic mass is 32.2. The number of aliphatic hydroxyl groups excluding tert-OH is 1. The highest BCUT2D eigenvalue weighted by molar-refractivity contribution is 7.98. The van der Waals surface area contributed by atoms with Crippen molar-refractivity contribution in [2.45, 2.75) is 44.2 Å². The van der Waals surface area contributed by atoms with Gasteiger partial charge in [-0.05, 0) is 30.9 Å². The summed E-state index contributed by atoms with van der Waals surface area (Å²) in [6.07, 6.45) is 3.13. The summed E-state index contributed by atoms with van der Waals surface area (Å²) >= 11 is 2.67. The first-order valence-electron chi connectivity index (χ1n) is 12.9. The Morgan fingerprint density at radius 3 is 2.58 bits per heavy atom. The van der Waals surface area contributed by atoms with E-state index in [1.165, 1.54) is 59.2 Å². The Morgan fingerprint density at radius 2 is 1.98 bits per heavy atom. The van der Waals surface area contributed by atoms with Gasteiger partial charge in [-0.2, -0.15) is 9.88 Å². The number of hydrogen-bond acceptors (Lipinski definition) is 11. The number of carbonyl (C=O) groups is 4. The maximum absolute atomic E-state index is 12.7. The SMILES string of the molecule is CSc1c2sc(C3=C(C(=O)O)N4C(=O)[C@H]([C@@H](C)O)[C@H]4[C@H]3C)cn2c[n+]1CC(=O)NOC(=O)OCc1ccc([N+](=O)[O-])cc1. The standard InChI is InChI=1S/C26H25N5O10S2/c1-12-18(21(25(35)36)30-20(12)19(13(2)32)22(30)34)16-8-28-11-29(23(42-3)24(28)43-16)9-17(33)27-41-26(37)40-10-14-4-6-15(7-5-14)31(38)39/h4-8,11-13,19-20,32H,9-10H2,1-3H3,(H-,27,33,35,36)/p+1/t12-,13+,19+,20+/m0/s1. The van der Waals surface area contributed by atoms with Crippen molar-refractivity contribution in [1.29, 1.82) is 0 Å². The number of aliphatic carboxylic acids is 1. The molecule has 2 amide bonds. The number of amides is 2. The summed E-state index contributed by atoms with van der Waals surface area (Å²) < 4.78 is 8.29. The minimum absolute atomic E-state index is 0.0838. The van der Waals surface area contributed by atoms with Crippen LogP contribution in [0.5, 0.6) is 0 Å². The molecule has 0 saturated carbocycles. The summed E-state index contributed by atoms with van der Waals surface area (Å²) in [6.45, 7) is 2.93. The second-order valence-corrected chi connectivity index (χ2v) is 11.8. The minimum atomic E-state index is -1.22. The summed E-state index contributed by atoms with van der Waals surface area (Å²) in [5.74, 6) is -3.27. The highest BCUT2D eigenvalue weighted by Gasteiger charge is 2.60. The monoisotopic (exact) mass is 632 g/mol. The van der Waals surface area contributed by atoms with E-state index in [2.05, 4.69) is 4.84 Å².